The minimum Gasteiger partial charge on any atom is -0.505 e. The van der Waals surface area contributed by atoms with Crippen molar-refractivity contribution in [3.63, 3.8) is 0 Å². The van der Waals surface area contributed by atoms with Crippen LogP contribution in [-0.2, 0) is 16.1 Å². The molecule has 0 atom stereocenters. The number of aromatic hydroxyl groups is 1. The molecule has 0 bridgehead atoms. The lowest BCUT2D eigenvalue weighted by Crippen LogP contribution is -2.29. The Bertz CT molecular complexity index is 478. The molecule has 0 spiro atoms. The summed E-state index contributed by atoms with van der Waals surface area (Å²) in [7, 11) is 0. The highest BCUT2D eigenvalue weighted by Crippen LogP contribution is 2.19. The van der Waals surface area contributed by atoms with Crippen LogP contribution in [0.1, 0.15) is 5.56 Å². The lowest BCUT2D eigenvalue weighted by molar-refractivity contribution is -0.137. The van der Waals surface area contributed by atoms with Gasteiger partial charge in [0.2, 0.25) is 0 Å². The molecule has 82 valence electrons. The molecule has 1 aromatic carbocycles. The number of imide groups is 1. The van der Waals surface area contributed by atoms with Gasteiger partial charge in [-0.05, 0) is 17.7 Å². The first-order valence-corrected chi connectivity index (χ1v) is 4.59. The molecular formula is C11H8FNO3. The van der Waals surface area contributed by atoms with E-state index in [-0.39, 0.29) is 6.54 Å². The molecule has 0 radical (unpaired) electrons. The van der Waals surface area contributed by atoms with Crippen molar-refractivity contribution < 1.29 is 19.1 Å². The predicted molar refractivity (Wildman–Crippen MR) is 52.8 cm³/mol. The van der Waals surface area contributed by atoms with E-state index >= 15 is 0 Å². The van der Waals surface area contributed by atoms with Crippen LogP contribution < -0.4 is 0 Å². The van der Waals surface area contributed by atoms with Gasteiger partial charge in [0.1, 0.15) is 0 Å². The minimum atomic E-state index is -0.735. The highest BCUT2D eigenvalue weighted by atomic mass is 19.1. The fourth-order valence-electron chi connectivity index (χ4n) is 1.43. The van der Waals surface area contributed by atoms with Crippen molar-refractivity contribution in [2.24, 2.45) is 0 Å². The van der Waals surface area contributed by atoms with Crippen molar-refractivity contribution in [1.29, 1.82) is 0 Å². The van der Waals surface area contributed by atoms with Gasteiger partial charge in [-0.2, -0.15) is 0 Å². The molecule has 0 saturated carbocycles. The fraction of sp³-hybridized carbons (Fsp3) is 0.0909. The third-order valence-corrected chi connectivity index (χ3v) is 2.25. The molecule has 1 aliphatic rings. The second kappa shape index (κ2) is 3.77. The summed E-state index contributed by atoms with van der Waals surface area (Å²) in [6.45, 7) is 0.0263. The fourth-order valence-corrected chi connectivity index (χ4v) is 1.43. The number of rotatable bonds is 2. The molecule has 5 heteroatoms. The van der Waals surface area contributed by atoms with Gasteiger partial charge in [-0.3, -0.25) is 14.5 Å². The van der Waals surface area contributed by atoms with Crippen molar-refractivity contribution in [3.8, 4) is 5.75 Å². The molecule has 0 fully saturated rings. The van der Waals surface area contributed by atoms with Crippen LogP contribution >= 0.6 is 0 Å². The van der Waals surface area contributed by atoms with Crippen molar-refractivity contribution in [2.75, 3.05) is 0 Å². The van der Waals surface area contributed by atoms with E-state index in [1.54, 1.807) is 0 Å². The number of phenolic OH excluding ortho intramolecular Hbond substituents is 1. The summed E-state index contributed by atoms with van der Waals surface area (Å²) in [5.41, 5.74) is 0.490. The molecule has 0 saturated heterocycles. The number of phenols is 1. The molecule has 4 nitrogen and oxygen atoms in total. The lowest BCUT2D eigenvalue weighted by atomic mass is 10.2. The van der Waals surface area contributed by atoms with E-state index in [2.05, 4.69) is 0 Å². The summed E-state index contributed by atoms with van der Waals surface area (Å²) in [5, 5.41) is 9.13. The van der Waals surface area contributed by atoms with Crippen molar-refractivity contribution in [1.82, 2.24) is 4.90 Å². The Kier molecular flexibility index (Phi) is 2.44. The summed E-state index contributed by atoms with van der Waals surface area (Å²) < 4.78 is 12.8. The van der Waals surface area contributed by atoms with Gasteiger partial charge in [-0.15, -0.1) is 0 Å². The smallest absolute Gasteiger partial charge is 0.253 e. The van der Waals surface area contributed by atoms with Crippen LogP contribution in [0.2, 0.25) is 0 Å². The van der Waals surface area contributed by atoms with Crippen LogP contribution in [0.15, 0.2) is 30.4 Å². The Hall–Kier alpha value is -2.17. The number of amides is 2. The van der Waals surface area contributed by atoms with Crippen molar-refractivity contribution in [2.45, 2.75) is 6.54 Å². The SMILES string of the molecule is O=C1C=CC(=O)N1Cc1ccc(F)c(O)c1. The summed E-state index contributed by atoms with van der Waals surface area (Å²) in [5.74, 6) is -2.05. The highest BCUT2D eigenvalue weighted by Gasteiger charge is 2.23. The highest BCUT2D eigenvalue weighted by molar-refractivity contribution is 6.12. The molecule has 1 N–H and O–H groups in total. The van der Waals surface area contributed by atoms with Gasteiger partial charge in [0.25, 0.3) is 11.8 Å². The van der Waals surface area contributed by atoms with Crippen LogP contribution in [0.4, 0.5) is 4.39 Å². The number of hydrogen-bond acceptors (Lipinski definition) is 3. The Morgan fingerprint density at radius 3 is 2.38 bits per heavy atom. The maximum Gasteiger partial charge on any atom is 0.253 e. The summed E-state index contributed by atoms with van der Waals surface area (Å²) in [4.78, 5) is 23.5. The molecule has 1 heterocycles. The van der Waals surface area contributed by atoms with E-state index in [1.807, 2.05) is 0 Å². The van der Waals surface area contributed by atoms with Crippen LogP contribution in [-0.4, -0.2) is 21.8 Å². The van der Waals surface area contributed by atoms with Crippen molar-refractivity contribution >= 4 is 11.8 Å². The van der Waals surface area contributed by atoms with E-state index in [0.717, 1.165) is 11.0 Å². The van der Waals surface area contributed by atoms with Gasteiger partial charge >= 0.3 is 0 Å². The normalized spacial score (nSPS) is 14.9. The van der Waals surface area contributed by atoms with Gasteiger partial charge in [0.05, 0.1) is 6.54 Å². The zero-order chi connectivity index (χ0) is 11.7. The second-order valence-corrected chi connectivity index (χ2v) is 3.38. The van der Waals surface area contributed by atoms with Gasteiger partial charge in [-0.25, -0.2) is 4.39 Å². The maximum absolute atomic E-state index is 12.8. The zero-order valence-corrected chi connectivity index (χ0v) is 8.18. The van der Waals surface area contributed by atoms with E-state index in [0.29, 0.717) is 5.56 Å². The van der Waals surface area contributed by atoms with E-state index in [4.69, 9.17) is 5.11 Å². The summed E-state index contributed by atoms with van der Waals surface area (Å²) in [6.07, 6.45) is 2.34. The predicted octanol–water partition coefficient (Wildman–Crippen LogP) is 0.956. The largest absolute Gasteiger partial charge is 0.505 e. The Balaban J connectivity index is 2.18. The number of hydrogen-bond donors (Lipinski definition) is 1. The van der Waals surface area contributed by atoms with Crippen LogP contribution in [0.3, 0.4) is 0 Å². The monoisotopic (exact) mass is 221 g/mol. The number of nitrogens with zero attached hydrogens (tertiary/aromatic N) is 1. The average Bonchev–Trinajstić information content (AvgIpc) is 2.55. The average molecular weight is 221 g/mol. The lowest BCUT2D eigenvalue weighted by Gasteiger charge is -2.13. The number of carbonyl (C=O) groups excluding carboxylic acids is 2. The van der Waals surface area contributed by atoms with Gasteiger partial charge in [0, 0.05) is 12.2 Å². The molecule has 0 aromatic heterocycles. The second-order valence-electron chi connectivity index (χ2n) is 3.38. The first-order valence-electron chi connectivity index (χ1n) is 4.59. The topological polar surface area (TPSA) is 57.6 Å². The summed E-state index contributed by atoms with van der Waals surface area (Å²) in [6, 6.07) is 3.69. The Morgan fingerprint density at radius 1 is 1.19 bits per heavy atom. The first kappa shape index (κ1) is 10.4. The quantitative estimate of drug-likeness (QED) is 0.756. The molecule has 16 heavy (non-hydrogen) atoms. The van der Waals surface area contributed by atoms with Crippen LogP contribution in [0, 0.1) is 5.82 Å². The standard InChI is InChI=1S/C11H8FNO3/c12-8-2-1-7(5-9(8)14)6-13-10(15)3-4-11(13)16/h1-5,14H,6H2. The third kappa shape index (κ3) is 1.79. The van der Waals surface area contributed by atoms with Gasteiger partial charge in [-0.1, -0.05) is 6.07 Å². The minimum absolute atomic E-state index is 0.0263. The third-order valence-electron chi connectivity index (χ3n) is 2.25. The molecule has 1 aliphatic heterocycles. The molecule has 2 rings (SSSR count). The zero-order valence-electron chi connectivity index (χ0n) is 8.18. The Morgan fingerprint density at radius 2 is 1.81 bits per heavy atom. The molecule has 2 amide bonds. The van der Waals surface area contributed by atoms with E-state index in [9.17, 15) is 14.0 Å². The molecule has 1 aromatic rings. The number of benzene rings is 1. The molecule has 0 aliphatic carbocycles. The van der Waals surface area contributed by atoms with E-state index < -0.39 is 23.4 Å². The van der Waals surface area contributed by atoms with Gasteiger partial charge in [0.15, 0.2) is 11.6 Å². The van der Waals surface area contributed by atoms with E-state index in [1.165, 1.54) is 24.3 Å². The number of carbonyl (C=O) groups is 2. The van der Waals surface area contributed by atoms with Crippen molar-refractivity contribution in [3.05, 3.63) is 41.7 Å². The molecular weight excluding hydrogens is 213 g/mol. The summed E-state index contributed by atoms with van der Waals surface area (Å²) >= 11 is 0. The van der Waals surface area contributed by atoms with Gasteiger partial charge < -0.3 is 5.11 Å². The first-order chi connectivity index (χ1) is 7.58. The number of halogens is 1. The Labute approximate surface area is 90.6 Å². The maximum atomic E-state index is 12.8. The van der Waals surface area contributed by atoms with Crippen LogP contribution in [0.25, 0.3) is 0 Å². The van der Waals surface area contributed by atoms with Crippen LogP contribution in [0.5, 0.6) is 5.75 Å². The molecule has 0 unspecified atom stereocenters.